The molecule has 0 fully saturated rings. The Morgan fingerprint density at radius 3 is 3.05 bits per heavy atom. The van der Waals surface area contributed by atoms with Gasteiger partial charge >= 0.3 is 0 Å². The first-order chi connectivity index (χ1) is 9.33. The smallest absolute Gasteiger partial charge is 0.175 e. The van der Waals surface area contributed by atoms with Gasteiger partial charge in [-0.1, -0.05) is 4.49 Å². The van der Waals surface area contributed by atoms with Crippen molar-refractivity contribution in [2.24, 2.45) is 0 Å². The van der Waals surface area contributed by atoms with Gasteiger partial charge in [-0.25, -0.2) is 0 Å². The monoisotopic (exact) mass is 341 g/mol. The molecule has 0 radical (unpaired) electrons. The number of fused-ring (bicyclic) bond motifs is 1. The van der Waals surface area contributed by atoms with Crippen molar-refractivity contribution in [2.45, 2.75) is 13.0 Å². The largest absolute Gasteiger partial charge is 0.490 e. The minimum atomic E-state index is 0.690. The summed E-state index contributed by atoms with van der Waals surface area (Å²) in [6.45, 7) is 2.07. The van der Waals surface area contributed by atoms with Gasteiger partial charge < -0.3 is 14.8 Å². The number of hydrogen-bond acceptors (Lipinski definition) is 6. The fourth-order valence-electron chi connectivity index (χ4n) is 1.82. The lowest BCUT2D eigenvalue weighted by atomic mass is 10.2. The standard InChI is InChI=1S/C12H12BrN3O2S/c13-9-4-8(6-14-11-7-15-16-19-11)5-10-12(9)18-3-1-2-17-10/h4-5,7,14H,1-3,6H2. The molecule has 19 heavy (non-hydrogen) atoms. The van der Waals surface area contributed by atoms with E-state index in [0.29, 0.717) is 19.8 Å². The van der Waals surface area contributed by atoms with Crippen LogP contribution in [0, 0.1) is 0 Å². The Kier molecular flexibility index (Phi) is 3.84. The molecule has 0 saturated carbocycles. The Labute approximate surface area is 123 Å². The van der Waals surface area contributed by atoms with E-state index in [4.69, 9.17) is 9.47 Å². The highest BCUT2D eigenvalue weighted by Crippen LogP contribution is 2.38. The number of ether oxygens (including phenoxy) is 2. The summed E-state index contributed by atoms with van der Waals surface area (Å²) >= 11 is 4.87. The highest BCUT2D eigenvalue weighted by molar-refractivity contribution is 9.10. The van der Waals surface area contributed by atoms with Gasteiger partial charge in [0.2, 0.25) is 0 Å². The maximum Gasteiger partial charge on any atom is 0.175 e. The molecule has 5 nitrogen and oxygen atoms in total. The lowest BCUT2D eigenvalue weighted by Crippen LogP contribution is -2.00. The maximum atomic E-state index is 5.70. The van der Waals surface area contributed by atoms with Crippen LogP contribution < -0.4 is 14.8 Å². The number of hydrogen-bond donors (Lipinski definition) is 1. The minimum Gasteiger partial charge on any atom is -0.490 e. The Balaban J connectivity index is 1.79. The summed E-state index contributed by atoms with van der Waals surface area (Å²) in [7, 11) is 0. The Morgan fingerprint density at radius 1 is 1.32 bits per heavy atom. The molecule has 0 amide bonds. The van der Waals surface area contributed by atoms with Crippen LogP contribution in [-0.2, 0) is 6.54 Å². The lowest BCUT2D eigenvalue weighted by Gasteiger charge is -2.12. The topological polar surface area (TPSA) is 56.3 Å². The first-order valence-electron chi connectivity index (χ1n) is 5.92. The van der Waals surface area contributed by atoms with E-state index >= 15 is 0 Å². The second-order valence-electron chi connectivity index (χ2n) is 4.09. The molecule has 2 heterocycles. The van der Waals surface area contributed by atoms with Gasteiger partial charge in [-0.3, -0.25) is 0 Å². The third kappa shape index (κ3) is 2.98. The number of aromatic nitrogens is 2. The maximum absolute atomic E-state index is 5.70. The number of rotatable bonds is 3. The molecule has 0 atom stereocenters. The molecule has 1 aromatic heterocycles. The van der Waals surface area contributed by atoms with Crippen LogP contribution in [0.15, 0.2) is 22.8 Å². The first kappa shape index (κ1) is 12.7. The fraction of sp³-hybridized carbons (Fsp3) is 0.333. The molecule has 7 heteroatoms. The molecule has 2 aromatic rings. The van der Waals surface area contributed by atoms with Gasteiger partial charge in [-0.05, 0) is 33.6 Å². The Bertz CT molecular complexity index is 562. The van der Waals surface area contributed by atoms with Gasteiger partial charge in [0, 0.05) is 24.5 Å². The summed E-state index contributed by atoms with van der Waals surface area (Å²) in [5, 5.41) is 8.00. The van der Waals surface area contributed by atoms with Crippen LogP contribution >= 0.6 is 27.5 Å². The van der Waals surface area contributed by atoms with Crippen LogP contribution in [0.5, 0.6) is 11.5 Å². The number of halogens is 1. The first-order valence-corrected chi connectivity index (χ1v) is 7.49. The third-order valence-corrected chi connectivity index (χ3v) is 3.90. The highest BCUT2D eigenvalue weighted by atomic mass is 79.9. The number of anilines is 1. The molecular formula is C12H12BrN3O2S. The number of nitrogens with zero attached hydrogens (tertiary/aromatic N) is 2. The summed E-state index contributed by atoms with van der Waals surface area (Å²) in [6, 6.07) is 4.04. The zero-order chi connectivity index (χ0) is 13.1. The van der Waals surface area contributed by atoms with Gasteiger partial charge in [0.25, 0.3) is 0 Å². The number of benzene rings is 1. The fourth-order valence-corrected chi connectivity index (χ4v) is 2.84. The molecule has 100 valence electrons. The van der Waals surface area contributed by atoms with Crippen LogP contribution in [0.1, 0.15) is 12.0 Å². The predicted octanol–water partition coefficient (Wildman–Crippen LogP) is 3.07. The van der Waals surface area contributed by atoms with Crippen LogP contribution in [0.3, 0.4) is 0 Å². The van der Waals surface area contributed by atoms with Gasteiger partial charge in [0.1, 0.15) is 5.00 Å². The lowest BCUT2D eigenvalue weighted by molar-refractivity contribution is 0.296. The van der Waals surface area contributed by atoms with Gasteiger partial charge in [0.15, 0.2) is 11.5 Å². The van der Waals surface area contributed by atoms with Crippen molar-refractivity contribution in [1.82, 2.24) is 9.59 Å². The molecule has 1 N–H and O–H groups in total. The second-order valence-corrected chi connectivity index (χ2v) is 5.73. The molecule has 0 unspecified atom stereocenters. The van der Waals surface area contributed by atoms with Crippen molar-refractivity contribution in [3.63, 3.8) is 0 Å². The van der Waals surface area contributed by atoms with Crippen molar-refractivity contribution in [1.29, 1.82) is 0 Å². The zero-order valence-corrected chi connectivity index (χ0v) is 12.5. The van der Waals surface area contributed by atoms with Gasteiger partial charge in [0.05, 0.1) is 23.9 Å². The average molecular weight is 342 g/mol. The summed E-state index contributed by atoms with van der Waals surface area (Å²) in [5.41, 5.74) is 1.12. The van der Waals surface area contributed by atoms with Gasteiger partial charge in [-0.15, -0.1) is 5.10 Å². The van der Waals surface area contributed by atoms with Crippen molar-refractivity contribution >= 4 is 32.5 Å². The van der Waals surface area contributed by atoms with E-state index in [2.05, 4.69) is 30.8 Å². The van der Waals surface area contributed by atoms with Crippen molar-refractivity contribution in [3.05, 3.63) is 28.4 Å². The average Bonchev–Trinajstić information content (AvgIpc) is 2.81. The van der Waals surface area contributed by atoms with E-state index in [1.807, 2.05) is 12.1 Å². The Morgan fingerprint density at radius 2 is 2.21 bits per heavy atom. The Hall–Kier alpha value is -1.34. The molecule has 1 aromatic carbocycles. The molecule has 3 rings (SSSR count). The summed E-state index contributed by atoms with van der Waals surface area (Å²) in [5.74, 6) is 1.59. The van der Waals surface area contributed by atoms with E-state index in [-0.39, 0.29) is 0 Å². The summed E-state index contributed by atoms with van der Waals surface area (Å²) in [4.78, 5) is 0. The van der Waals surface area contributed by atoms with Crippen LogP contribution in [0.2, 0.25) is 0 Å². The van der Waals surface area contributed by atoms with E-state index in [9.17, 15) is 0 Å². The SMILES string of the molecule is Brc1cc(CNc2cnns2)cc2c1OCCCO2. The molecule has 1 aliphatic heterocycles. The quantitative estimate of drug-likeness (QED) is 0.929. The van der Waals surface area contributed by atoms with Gasteiger partial charge in [-0.2, -0.15) is 0 Å². The summed E-state index contributed by atoms with van der Waals surface area (Å²) in [6.07, 6.45) is 2.62. The highest BCUT2D eigenvalue weighted by Gasteiger charge is 2.15. The van der Waals surface area contributed by atoms with Crippen molar-refractivity contribution in [3.8, 4) is 11.5 Å². The van der Waals surface area contributed by atoms with Crippen LogP contribution in [0.4, 0.5) is 5.00 Å². The molecule has 0 bridgehead atoms. The molecular weight excluding hydrogens is 330 g/mol. The van der Waals surface area contributed by atoms with Crippen molar-refractivity contribution in [2.75, 3.05) is 18.5 Å². The molecule has 0 spiro atoms. The third-order valence-electron chi connectivity index (χ3n) is 2.69. The second kappa shape index (κ2) is 5.75. The van der Waals surface area contributed by atoms with E-state index in [1.165, 1.54) is 11.5 Å². The molecule has 1 aliphatic rings. The van der Waals surface area contributed by atoms with E-state index in [1.54, 1.807) is 6.20 Å². The predicted molar refractivity (Wildman–Crippen MR) is 77.0 cm³/mol. The zero-order valence-electron chi connectivity index (χ0n) is 10.1. The minimum absolute atomic E-state index is 0.690. The van der Waals surface area contributed by atoms with E-state index in [0.717, 1.165) is 33.0 Å². The molecule has 0 saturated heterocycles. The van der Waals surface area contributed by atoms with E-state index < -0.39 is 0 Å². The van der Waals surface area contributed by atoms with Crippen molar-refractivity contribution < 1.29 is 9.47 Å². The number of nitrogens with one attached hydrogen (secondary N) is 1. The van der Waals surface area contributed by atoms with Crippen LogP contribution in [0.25, 0.3) is 0 Å². The summed E-state index contributed by atoms with van der Waals surface area (Å²) < 4.78 is 16.1. The molecule has 0 aliphatic carbocycles. The van der Waals surface area contributed by atoms with Crippen LogP contribution in [-0.4, -0.2) is 22.8 Å². The normalized spacial score (nSPS) is 13.9.